The standard InChI is InChI=1S/C44H27N3S/c1-3-11-28(12-4-1)31-21-26-39-37(27-31)34-24-25-35-33-15-8-10-18-40(33)48-43(35)42(34)47(39)32-22-19-30(20-23-32)44-45-38-17-9-7-16-36(38)41(46-44)29-13-5-2-6-14-29/h1-27H/p+1. The first kappa shape index (κ1) is 27.1. The fourth-order valence-corrected chi connectivity index (χ4v) is 8.45. The van der Waals surface area contributed by atoms with Crippen LogP contribution in [0.15, 0.2) is 164 Å². The number of nitrogens with zero attached hydrogens (tertiary/aromatic N) is 2. The molecule has 0 saturated heterocycles. The first-order chi connectivity index (χ1) is 23.8. The molecular weight excluding hydrogens is 603 g/mol. The summed E-state index contributed by atoms with van der Waals surface area (Å²) in [6.45, 7) is 0. The number of aromatic nitrogens is 3. The first-order valence-corrected chi connectivity index (χ1v) is 17.0. The average Bonchev–Trinajstić information content (AvgIpc) is 3.71. The minimum Gasteiger partial charge on any atom is -0.308 e. The number of benzene rings is 7. The van der Waals surface area contributed by atoms with E-state index in [4.69, 9.17) is 4.98 Å². The minimum absolute atomic E-state index is 0.848. The molecule has 1 N–H and O–H groups in total. The molecule has 0 fully saturated rings. The molecule has 7 aromatic carbocycles. The third-order valence-electron chi connectivity index (χ3n) is 9.48. The van der Waals surface area contributed by atoms with E-state index in [1.165, 1.54) is 53.1 Å². The van der Waals surface area contributed by atoms with Crippen LogP contribution in [0.5, 0.6) is 0 Å². The number of hydrogen-bond donors (Lipinski definition) is 0. The molecule has 0 aliphatic carbocycles. The van der Waals surface area contributed by atoms with Crippen LogP contribution >= 0.6 is 11.3 Å². The average molecular weight is 631 g/mol. The molecule has 4 heteroatoms. The van der Waals surface area contributed by atoms with Gasteiger partial charge in [-0.1, -0.05) is 109 Å². The van der Waals surface area contributed by atoms with Gasteiger partial charge in [-0.05, 0) is 70.7 Å². The Labute approximate surface area is 281 Å². The number of rotatable bonds is 4. The van der Waals surface area contributed by atoms with E-state index in [0.29, 0.717) is 0 Å². The Morgan fingerprint density at radius 3 is 1.96 bits per heavy atom. The van der Waals surface area contributed by atoms with Crippen molar-refractivity contribution in [2.45, 2.75) is 0 Å². The van der Waals surface area contributed by atoms with E-state index < -0.39 is 0 Å². The summed E-state index contributed by atoms with van der Waals surface area (Å²) in [5.74, 6) is 0.848. The number of aromatic amines is 1. The summed E-state index contributed by atoms with van der Waals surface area (Å²) in [7, 11) is 0. The van der Waals surface area contributed by atoms with Gasteiger partial charge in [-0.15, -0.1) is 11.3 Å². The van der Waals surface area contributed by atoms with Gasteiger partial charge in [-0.3, -0.25) is 0 Å². The summed E-state index contributed by atoms with van der Waals surface area (Å²) in [6, 6.07) is 58.6. The van der Waals surface area contributed by atoms with Crippen molar-refractivity contribution in [3.05, 3.63) is 164 Å². The number of thiophene rings is 1. The van der Waals surface area contributed by atoms with Crippen LogP contribution in [-0.2, 0) is 0 Å². The van der Waals surface area contributed by atoms with Crippen LogP contribution in [-0.4, -0.2) is 9.55 Å². The topological polar surface area (TPSA) is 32.0 Å². The van der Waals surface area contributed by atoms with Crippen molar-refractivity contribution in [2.75, 3.05) is 0 Å². The van der Waals surface area contributed by atoms with E-state index in [9.17, 15) is 0 Å². The van der Waals surface area contributed by atoms with Crippen LogP contribution in [0.3, 0.4) is 0 Å². The molecule has 0 unspecified atom stereocenters. The Morgan fingerprint density at radius 2 is 1.15 bits per heavy atom. The highest BCUT2D eigenvalue weighted by molar-refractivity contribution is 7.26. The third kappa shape index (κ3) is 4.20. The van der Waals surface area contributed by atoms with Crippen molar-refractivity contribution in [1.29, 1.82) is 0 Å². The second-order valence-corrected chi connectivity index (χ2v) is 13.3. The number of fused-ring (bicyclic) bond motifs is 8. The van der Waals surface area contributed by atoms with Gasteiger partial charge in [-0.25, -0.2) is 4.98 Å². The molecule has 0 aliphatic heterocycles. The Balaban J connectivity index is 1.19. The van der Waals surface area contributed by atoms with Gasteiger partial charge in [0.1, 0.15) is 5.52 Å². The number of H-pyrrole nitrogens is 1. The summed E-state index contributed by atoms with van der Waals surface area (Å²) in [5, 5.41) is 6.24. The first-order valence-electron chi connectivity index (χ1n) is 16.2. The lowest BCUT2D eigenvalue weighted by Crippen LogP contribution is -2.12. The summed E-state index contributed by atoms with van der Waals surface area (Å²) < 4.78 is 5.07. The van der Waals surface area contributed by atoms with Crippen LogP contribution in [0.4, 0.5) is 0 Å². The van der Waals surface area contributed by atoms with Gasteiger partial charge < -0.3 is 4.57 Å². The van der Waals surface area contributed by atoms with Crippen molar-refractivity contribution in [1.82, 2.24) is 9.55 Å². The third-order valence-corrected chi connectivity index (χ3v) is 10.7. The molecule has 224 valence electrons. The second kappa shape index (κ2) is 10.7. The Bertz CT molecular complexity index is 2810. The molecule has 0 spiro atoms. The number of nitrogens with one attached hydrogen (secondary N) is 1. The fraction of sp³-hybridized carbons (Fsp3) is 0. The van der Waals surface area contributed by atoms with Crippen LogP contribution in [0, 0.1) is 0 Å². The molecule has 0 atom stereocenters. The predicted molar refractivity (Wildman–Crippen MR) is 202 cm³/mol. The summed E-state index contributed by atoms with van der Waals surface area (Å²) >= 11 is 1.88. The Hall–Kier alpha value is -6.10. The van der Waals surface area contributed by atoms with Crippen LogP contribution < -0.4 is 4.98 Å². The number of hydrogen-bond acceptors (Lipinski definition) is 2. The van der Waals surface area contributed by atoms with Crippen molar-refractivity contribution in [3.8, 4) is 39.5 Å². The van der Waals surface area contributed by atoms with Crippen molar-refractivity contribution in [2.24, 2.45) is 0 Å². The SMILES string of the molecule is c1ccc(-c2ccc3c(c2)c2ccc4c5ccccc5sc4c2n3-c2ccc(-c3nc(-c4ccccc4)c4ccccc4[nH+]3)cc2)cc1. The zero-order valence-corrected chi connectivity index (χ0v) is 26.7. The van der Waals surface area contributed by atoms with Gasteiger partial charge in [0.15, 0.2) is 5.69 Å². The highest BCUT2D eigenvalue weighted by atomic mass is 32.1. The van der Waals surface area contributed by atoms with E-state index in [1.807, 2.05) is 17.4 Å². The Kier molecular flexibility index (Phi) is 6.05. The van der Waals surface area contributed by atoms with Gasteiger partial charge in [0.05, 0.1) is 26.7 Å². The van der Waals surface area contributed by atoms with Gasteiger partial charge in [0, 0.05) is 37.5 Å². The maximum absolute atomic E-state index is 5.18. The molecule has 10 aromatic rings. The van der Waals surface area contributed by atoms with Crippen molar-refractivity contribution in [3.63, 3.8) is 0 Å². The maximum Gasteiger partial charge on any atom is 0.329 e. The van der Waals surface area contributed by atoms with Crippen molar-refractivity contribution >= 4 is 64.2 Å². The minimum atomic E-state index is 0.848. The normalized spacial score (nSPS) is 11.8. The molecular formula is C44H28N3S+. The van der Waals surface area contributed by atoms with E-state index in [2.05, 4.69) is 167 Å². The molecule has 3 aromatic heterocycles. The smallest absolute Gasteiger partial charge is 0.308 e. The van der Waals surface area contributed by atoms with Crippen molar-refractivity contribution < 1.29 is 4.98 Å². The molecule has 0 saturated carbocycles. The largest absolute Gasteiger partial charge is 0.329 e. The summed E-state index contributed by atoms with van der Waals surface area (Å²) in [5.41, 5.74) is 10.2. The molecule has 0 amide bonds. The fourth-order valence-electron chi connectivity index (χ4n) is 7.21. The van der Waals surface area contributed by atoms with E-state index >= 15 is 0 Å². The molecule has 3 nitrogen and oxygen atoms in total. The van der Waals surface area contributed by atoms with E-state index in [0.717, 1.165) is 39.2 Å². The maximum atomic E-state index is 5.18. The lowest BCUT2D eigenvalue weighted by Gasteiger charge is -2.10. The van der Waals surface area contributed by atoms with Crippen LogP contribution in [0.1, 0.15) is 0 Å². The van der Waals surface area contributed by atoms with Gasteiger partial charge in [-0.2, -0.15) is 0 Å². The summed E-state index contributed by atoms with van der Waals surface area (Å²) in [4.78, 5) is 8.79. The zero-order chi connectivity index (χ0) is 31.6. The van der Waals surface area contributed by atoms with E-state index in [1.54, 1.807) is 0 Å². The second-order valence-electron chi connectivity index (χ2n) is 12.3. The molecule has 3 heterocycles. The quantitative estimate of drug-likeness (QED) is 0.190. The zero-order valence-electron chi connectivity index (χ0n) is 25.9. The lowest BCUT2D eigenvalue weighted by molar-refractivity contribution is -0.335. The van der Waals surface area contributed by atoms with Crippen LogP contribution in [0.2, 0.25) is 0 Å². The molecule has 0 bridgehead atoms. The molecule has 0 radical (unpaired) electrons. The predicted octanol–water partition coefficient (Wildman–Crippen LogP) is 11.5. The van der Waals surface area contributed by atoms with E-state index in [-0.39, 0.29) is 0 Å². The van der Waals surface area contributed by atoms with Gasteiger partial charge >= 0.3 is 5.82 Å². The molecule has 10 rings (SSSR count). The highest BCUT2D eigenvalue weighted by Crippen LogP contribution is 2.43. The monoisotopic (exact) mass is 630 g/mol. The molecule has 0 aliphatic rings. The van der Waals surface area contributed by atoms with Gasteiger partial charge in [0.2, 0.25) is 0 Å². The Morgan fingerprint density at radius 1 is 0.479 bits per heavy atom. The highest BCUT2D eigenvalue weighted by Gasteiger charge is 2.21. The van der Waals surface area contributed by atoms with Crippen LogP contribution in [0.25, 0.3) is 92.3 Å². The molecule has 48 heavy (non-hydrogen) atoms. The van der Waals surface area contributed by atoms with Gasteiger partial charge in [0.25, 0.3) is 0 Å². The lowest BCUT2D eigenvalue weighted by atomic mass is 10.0. The summed E-state index contributed by atoms with van der Waals surface area (Å²) in [6.07, 6.45) is 0. The number of para-hydroxylation sites is 1.